The molecule has 0 bridgehead atoms. The van der Waals surface area contributed by atoms with E-state index in [1.165, 1.54) is 0 Å². The van der Waals surface area contributed by atoms with Gasteiger partial charge in [0.1, 0.15) is 0 Å². The highest BCUT2D eigenvalue weighted by Gasteiger charge is 2.18. The average molecular weight is 271 g/mol. The Morgan fingerprint density at radius 1 is 1.21 bits per heavy atom. The van der Waals surface area contributed by atoms with Crippen LogP contribution in [0.25, 0.3) is 0 Å². The summed E-state index contributed by atoms with van der Waals surface area (Å²) in [5.74, 6) is -1.63. The largest absolute Gasteiger partial charge is 0.481 e. The molecule has 0 spiro atoms. The van der Waals surface area contributed by atoms with Crippen LogP contribution in [0.2, 0.25) is 0 Å². The maximum absolute atomic E-state index is 11.8. The molecule has 0 aliphatic carbocycles. The molecule has 2 amide bonds. The van der Waals surface area contributed by atoms with Crippen LogP contribution in [-0.2, 0) is 14.4 Å². The van der Waals surface area contributed by atoms with E-state index in [4.69, 9.17) is 10.8 Å². The summed E-state index contributed by atoms with van der Waals surface area (Å²) in [6.07, 6.45) is 3.03. The minimum absolute atomic E-state index is 0.0202. The summed E-state index contributed by atoms with van der Waals surface area (Å²) in [6, 6.07) is -1.07. The van der Waals surface area contributed by atoms with E-state index in [0.29, 0.717) is 0 Å². The van der Waals surface area contributed by atoms with Gasteiger partial charge in [-0.05, 0) is 19.3 Å². The van der Waals surface area contributed by atoms with Crippen molar-refractivity contribution in [1.29, 1.82) is 0 Å². The van der Waals surface area contributed by atoms with Crippen LogP contribution in [0.4, 0.5) is 0 Å². The lowest BCUT2D eigenvalue weighted by molar-refractivity contribution is -0.139. The van der Waals surface area contributed by atoms with Crippen molar-refractivity contribution in [2.75, 3.05) is 19.6 Å². The van der Waals surface area contributed by atoms with E-state index in [0.717, 1.165) is 32.4 Å². The van der Waals surface area contributed by atoms with E-state index in [9.17, 15) is 14.4 Å². The fourth-order valence-corrected chi connectivity index (χ4v) is 2.01. The van der Waals surface area contributed by atoms with Crippen molar-refractivity contribution in [2.24, 2.45) is 5.73 Å². The molecule has 1 unspecified atom stereocenters. The molecule has 0 radical (unpaired) electrons. The minimum Gasteiger partial charge on any atom is -0.481 e. The zero-order valence-electron chi connectivity index (χ0n) is 10.9. The lowest BCUT2D eigenvalue weighted by atomic mass is 10.1. The number of rotatable bonds is 6. The van der Waals surface area contributed by atoms with E-state index < -0.39 is 24.3 Å². The molecule has 1 aliphatic heterocycles. The first-order valence-corrected chi connectivity index (χ1v) is 6.53. The summed E-state index contributed by atoms with van der Waals surface area (Å²) in [5, 5.41) is 11.0. The molecule has 0 aromatic heterocycles. The highest BCUT2D eigenvalue weighted by atomic mass is 16.4. The van der Waals surface area contributed by atoms with Crippen LogP contribution in [0.15, 0.2) is 0 Å². The van der Waals surface area contributed by atoms with Gasteiger partial charge in [-0.3, -0.25) is 14.4 Å². The van der Waals surface area contributed by atoms with Crippen LogP contribution in [0.1, 0.15) is 32.1 Å². The van der Waals surface area contributed by atoms with Crippen LogP contribution in [0.5, 0.6) is 0 Å². The van der Waals surface area contributed by atoms with E-state index in [2.05, 4.69) is 5.32 Å². The zero-order valence-corrected chi connectivity index (χ0v) is 10.9. The van der Waals surface area contributed by atoms with Gasteiger partial charge in [0.15, 0.2) is 0 Å². The van der Waals surface area contributed by atoms with Crippen LogP contribution in [-0.4, -0.2) is 53.5 Å². The number of hydrogen-bond acceptors (Lipinski definition) is 4. The number of aliphatic carboxylic acids is 1. The number of likely N-dealkylation sites (tertiary alicyclic amines) is 1. The van der Waals surface area contributed by atoms with Gasteiger partial charge in [0.05, 0.1) is 12.5 Å². The van der Waals surface area contributed by atoms with Crippen LogP contribution in [0.3, 0.4) is 0 Å². The molecule has 7 nitrogen and oxygen atoms in total. The normalized spacial score (nSPS) is 16.8. The predicted octanol–water partition coefficient (Wildman–Crippen LogP) is -0.693. The number of nitrogens with one attached hydrogen (secondary N) is 1. The van der Waals surface area contributed by atoms with Crippen LogP contribution in [0, 0.1) is 0 Å². The Kier molecular flexibility index (Phi) is 6.27. The molecule has 1 rings (SSSR count). The van der Waals surface area contributed by atoms with Crippen molar-refractivity contribution in [3.63, 3.8) is 0 Å². The van der Waals surface area contributed by atoms with E-state index in [1.54, 1.807) is 4.90 Å². The van der Waals surface area contributed by atoms with Gasteiger partial charge in [-0.25, -0.2) is 0 Å². The van der Waals surface area contributed by atoms with Crippen LogP contribution < -0.4 is 11.1 Å². The lowest BCUT2D eigenvalue weighted by Gasteiger charge is -2.26. The lowest BCUT2D eigenvalue weighted by Crippen LogP contribution is -2.43. The SMILES string of the molecule is NC(CC(=O)O)C(=O)NCCC(=O)N1CCCCC1. The summed E-state index contributed by atoms with van der Waals surface area (Å²) in [7, 11) is 0. The summed E-state index contributed by atoms with van der Waals surface area (Å²) < 4.78 is 0. The van der Waals surface area contributed by atoms with Gasteiger partial charge in [-0.2, -0.15) is 0 Å². The third-order valence-corrected chi connectivity index (χ3v) is 3.08. The summed E-state index contributed by atoms with van der Waals surface area (Å²) in [5.41, 5.74) is 5.39. The third kappa shape index (κ3) is 5.69. The van der Waals surface area contributed by atoms with Gasteiger partial charge >= 0.3 is 5.97 Å². The highest BCUT2D eigenvalue weighted by molar-refractivity contribution is 5.86. The third-order valence-electron chi connectivity index (χ3n) is 3.08. The maximum Gasteiger partial charge on any atom is 0.305 e. The number of amides is 2. The second kappa shape index (κ2) is 7.73. The molecule has 1 fully saturated rings. The molecule has 4 N–H and O–H groups in total. The van der Waals surface area contributed by atoms with E-state index in [-0.39, 0.29) is 18.9 Å². The van der Waals surface area contributed by atoms with Crippen molar-refractivity contribution >= 4 is 17.8 Å². The number of carbonyl (C=O) groups excluding carboxylic acids is 2. The Hall–Kier alpha value is -1.63. The number of nitrogens with zero attached hydrogens (tertiary/aromatic N) is 1. The smallest absolute Gasteiger partial charge is 0.305 e. The first kappa shape index (κ1) is 15.4. The maximum atomic E-state index is 11.8. The Morgan fingerprint density at radius 3 is 2.42 bits per heavy atom. The molecule has 19 heavy (non-hydrogen) atoms. The first-order chi connectivity index (χ1) is 9.00. The van der Waals surface area contributed by atoms with Gasteiger partial charge in [-0.1, -0.05) is 0 Å². The van der Waals surface area contributed by atoms with Crippen LogP contribution >= 0.6 is 0 Å². The molecule has 1 aliphatic rings. The first-order valence-electron chi connectivity index (χ1n) is 6.53. The molecule has 1 atom stereocenters. The molecular weight excluding hydrogens is 250 g/mol. The number of piperidine rings is 1. The van der Waals surface area contributed by atoms with E-state index >= 15 is 0 Å². The molecule has 108 valence electrons. The average Bonchev–Trinajstić information content (AvgIpc) is 2.38. The number of carboxylic acids is 1. The number of nitrogens with two attached hydrogens (primary N) is 1. The second-order valence-corrected chi connectivity index (χ2v) is 4.69. The molecule has 1 heterocycles. The topological polar surface area (TPSA) is 113 Å². The predicted molar refractivity (Wildman–Crippen MR) is 68.3 cm³/mol. The van der Waals surface area contributed by atoms with Gasteiger partial charge in [0.25, 0.3) is 0 Å². The van der Waals surface area contributed by atoms with E-state index in [1.807, 2.05) is 0 Å². The Labute approximate surface area is 112 Å². The summed E-state index contributed by atoms with van der Waals surface area (Å²) in [4.78, 5) is 35.4. The Balaban J connectivity index is 2.20. The van der Waals surface area contributed by atoms with Gasteiger partial charge in [0.2, 0.25) is 11.8 Å². The second-order valence-electron chi connectivity index (χ2n) is 4.69. The Morgan fingerprint density at radius 2 is 1.84 bits per heavy atom. The Bertz CT molecular complexity index is 340. The molecule has 0 aromatic rings. The molecule has 1 saturated heterocycles. The van der Waals surface area contributed by atoms with Crippen molar-refractivity contribution in [3.8, 4) is 0 Å². The quantitative estimate of drug-likeness (QED) is 0.591. The number of hydrogen-bond donors (Lipinski definition) is 3. The summed E-state index contributed by atoms with van der Waals surface area (Å²) in [6.45, 7) is 1.76. The van der Waals surface area contributed by atoms with Gasteiger partial charge in [-0.15, -0.1) is 0 Å². The van der Waals surface area contributed by atoms with Crippen molar-refractivity contribution in [1.82, 2.24) is 10.2 Å². The molecule has 7 heteroatoms. The van der Waals surface area contributed by atoms with Crippen molar-refractivity contribution in [3.05, 3.63) is 0 Å². The zero-order chi connectivity index (χ0) is 14.3. The highest BCUT2D eigenvalue weighted by Crippen LogP contribution is 2.09. The fourth-order valence-electron chi connectivity index (χ4n) is 2.01. The monoisotopic (exact) mass is 271 g/mol. The van der Waals surface area contributed by atoms with Crippen molar-refractivity contribution < 1.29 is 19.5 Å². The molecule has 0 saturated carbocycles. The summed E-state index contributed by atoms with van der Waals surface area (Å²) >= 11 is 0. The minimum atomic E-state index is -1.12. The van der Waals surface area contributed by atoms with Crippen molar-refractivity contribution in [2.45, 2.75) is 38.1 Å². The standard InChI is InChI=1S/C12H21N3O4/c13-9(8-11(17)18)12(19)14-5-4-10(16)15-6-2-1-3-7-15/h9H,1-8,13H2,(H,14,19)(H,17,18). The fraction of sp³-hybridized carbons (Fsp3) is 0.750. The molecule has 0 aromatic carbocycles. The number of carboxylic acid groups (broad SMARTS) is 1. The van der Waals surface area contributed by atoms with Gasteiger partial charge in [0, 0.05) is 26.1 Å². The number of carbonyl (C=O) groups is 3. The van der Waals surface area contributed by atoms with Gasteiger partial charge < -0.3 is 21.1 Å². The molecular formula is C12H21N3O4.